The molecule has 0 N–H and O–H groups in total. The van der Waals surface area contributed by atoms with Gasteiger partial charge in [-0.25, -0.2) is 0 Å². The van der Waals surface area contributed by atoms with Crippen LogP contribution in [-0.4, -0.2) is 37.2 Å². The van der Waals surface area contributed by atoms with Gasteiger partial charge in [-0.05, 0) is 19.3 Å². The van der Waals surface area contributed by atoms with Gasteiger partial charge < -0.3 is 14.2 Å². The van der Waals surface area contributed by atoms with Crippen LogP contribution in [0.25, 0.3) is 0 Å². The maximum absolute atomic E-state index is 12.6. The van der Waals surface area contributed by atoms with E-state index in [0.717, 1.165) is 57.8 Å². The topological polar surface area (TPSA) is 78.9 Å². The van der Waals surface area contributed by atoms with E-state index in [1.165, 1.54) is 173 Å². The maximum Gasteiger partial charge on any atom is 0.306 e. The lowest BCUT2D eigenvalue weighted by Gasteiger charge is -2.18. The molecule has 6 nitrogen and oxygen atoms in total. The average Bonchev–Trinajstić information content (AvgIpc) is 3.17. The molecule has 0 aromatic carbocycles. The van der Waals surface area contributed by atoms with Crippen molar-refractivity contribution in [3.8, 4) is 0 Å². The van der Waals surface area contributed by atoms with Crippen LogP contribution in [0.4, 0.5) is 0 Å². The van der Waals surface area contributed by atoms with E-state index in [0.29, 0.717) is 19.3 Å². The van der Waals surface area contributed by atoms with Gasteiger partial charge >= 0.3 is 17.9 Å². The SMILES string of the molecule is CCCCCCCCCCCCCCCCCCCCCCCCC(=O)OCC(COC(=O)CCCCCCCCC)OC(=O)CCCCCCCCC. The highest BCUT2D eigenvalue weighted by atomic mass is 16.6. The smallest absolute Gasteiger partial charge is 0.306 e. The fraction of sp³-hybridized carbons (Fsp3) is 0.938. The van der Waals surface area contributed by atoms with Gasteiger partial charge in [0.2, 0.25) is 0 Å². The maximum atomic E-state index is 12.6. The van der Waals surface area contributed by atoms with Crippen molar-refractivity contribution in [2.45, 2.75) is 277 Å². The van der Waals surface area contributed by atoms with Gasteiger partial charge in [-0.1, -0.05) is 233 Å². The minimum absolute atomic E-state index is 0.0639. The number of hydrogen-bond donors (Lipinski definition) is 0. The van der Waals surface area contributed by atoms with E-state index in [4.69, 9.17) is 14.2 Å². The van der Waals surface area contributed by atoms with Crippen molar-refractivity contribution in [1.29, 1.82) is 0 Å². The highest BCUT2D eigenvalue weighted by Crippen LogP contribution is 2.16. The quantitative estimate of drug-likeness (QED) is 0.0349. The summed E-state index contributed by atoms with van der Waals surface area (Å²) in [5.74, 6) is -0.865. The number of ether oxygens (including phenoxy) is 3. The Bertz CT molecular complexity index is 798. The van der Waals surface area contributed by atoms with Crippen molar-refractivity contribution < 1.29 is 28.6 Å². The monoisotopic (exact) mass is 765 g/mol. The van der Waals surface area contributed by atoms with Gasteiger partial charge in [0.25, 0.3) is 0 Å². The minimum atomic E-state index is -0.756. The molecule has 0 fully saturated rings. The molecule has 0 aliphatic heterocycles. The largest absolute Gasteiger partial charge is 0.462 e. The normalized spacial score (nSPS) is 11.8. The van der Waals surface area contributed by atoms with Crippen molar-refractivity contribution in [3.63, 3.8) is 0 Å². The molecule has 0 heterocycles. The predicted molar refractivity (Wildman–Crippen MR) is 229 cm³/mol. The van der Waals surface area contributed by atoms with Crippen molar-refractivity contribution in [2.24, 2.45) is 0 Å². The minimum Gasteiger partial charge on any atom is -0.462 e. The number of carbonyl (C=O) groups is 3. The number of hydrogen-bond acceptors (Lipinski definition) is 6. The Hall–Kier alpha value is -1.59. The van der Waals surface area contributed by atoms with Crippen molar-refractivity contribution in [1.82, 2.24) is 0 Å². The molecule has 0 bridgehead atoms. The highest BCUT2D eigenvalue weighted by molar-refractivity contribution is 5.71. The Morgan fingerprint density at radius 1 is 0.296 bits per heavy atom. The molecule has 54 heavy (non-hydrogen) atoms. The van der Waals surface area contributed by atoms with E-state index < -0.39 is 6.10 Å². The first-order chi connectivity index (χ1) is 26.5. The first-order valence-electron chi connectivity index (χ1n) is 24.0. The number of unbranched alkanes of at least 4 members (excludes halogenated alkanes) is 33. The fourth-order valence-electron chi connectivity index (χ4n) is 7.21. The molecule has 0 amide bonds. The summed E-state index contributed by atoms with van der Waals surface area (Å²) in [7, 11) is 0. The van der Waals surface area contributed by atoms with Gasteiger partial charge in [0.05, 0.1) is 0 Å². The summed E-state index contributed by atoms with van der Waals surface area (Å²) >= 11 is 0. The summed E-state index contributed by atoms with van der Waals surface area (Å²) in [6, 6.07) is 0. The molecule has 0 spiro atoms. The average molecular weight is 765 g/mol. The summed E-state index contributed by atoms with van der Waals surface area (Å²) in [5, 5.41) is 0. The first kappa shape index (κ1) is 52.4. The molecule has 0 saturated heterocycles. The standard InChI is InChI=1S/C48H92O6/c1-4-7-10-13-16-17-18-19-20-21-22-23-24-25-26-27-28-29-30-33-35-38-41-47(50)53-44-45(54-48(51)42-39-36-32-15-12-9-6-3)43-52-46(49)40-37-34-31-14-11-8-5-2/h45H,4-44H2,1-3H3. The van der Waals surface area contributed by atoms with E-state index in [9.17, 15) is 14.4 Å². The molecule has 1 atom stereocenters. The van der Waals surface area contributed by atoms with Crippen LogP contribution in [0, 0.1) is 0 Å². The fourth-order valence-corrected chi connectivity index (χ4v) is 7.21. The summed E-state index contributed by atoms with van der Waals surface area (Å²) < 4.78 is 16.6. The van der Waals surface area contributed by atoms with E-state index in [1.54, 1.807) is 0 Å². The molecule has 0 aliphatic rings. The van der Waals surface area contributed by atoms with Crippen molar-refractivity contribution in [3.05, 3.63) is 0 Å². The van der Waals surface area contributed by atoms with Crippen molar-refractivity contribution >= 4 is 17.9 Å². The van der Waals surface area contributed by atoms with Crippen LogP contribution < -0.4 is 0 Å². The number of esters is 3. The lowest BCUT2D eigenvalue weighted by Crippen LogP contribution is -2.30. The van der Waals surface area contributed by atoms with E-state index in [1.807, 2.05) is 0 Å². The highest BCUT2D eigenvalue weighted by Gasteiger charge is 2.19. The van der Waals surface area contributed by atoms with Gasteiger partial charge in [-0.15, -0.1) is 0 Å². The Morgan fingerprint density at radius 2 is 0.500 bits per heavy atom. The van der Waals surface area contributed by atoms with Crippen LogP contribution in [0.3, 0.4) is 0 Å². The number of rotatable bonds is 44. The second-order valence-electron chi connectivity index (χ2n) is 16.4. The molecule has 0 aromatic heterocycles. The lowest BCUT2D eigenvalue weighted by molar-refractivity contribution is -0.167. The van der Waals surface area contributed by atoms with Crippen LogP contribution in [0.15, 0.2) is 0 Å². The lowest BCUT2D eigenvalue weighted by atomic mass is 10.0. The first-order valence-corrected chi connectivity index (χ1v) is 24.0. The summed E-state index contributed by atoms with van der Waals surface area (Å²) in [6.07, 6.45) is 45.6. The van der Waals surface area contributed by atoms with Crippen LogP contribution in [0.5, 0.6) is 0 Å². The molecular weight excluding hydrogens is 673 g/mol. The molecule has 1 unspecified atom stereocenters. The molecule has 0 aromatic rings. The van der Waals surface area contributed by atoms with E-state index >= 15 is 0 Å². The second kappa shape index (κ2) is 44.1. The molecule has 0 aliphatic carbocycles. The van der Waals surface area contributed by atoms with Gasteiger partial charge in [0, 0.05) is 19.3 Å². The zero-order valence-electron chi connectivity index (χ0n) is 36.5. The summed E-state index contributed by atoms with van der Waals surface area (Å²) in [5.41, 5.74) is 0. The zero-order valence-corrected chi connectivity index (χ0v) is 36.5. The van der Waals surface area contributed by atoms with Gasteiger partial charge in [0.1, 0.15) is 13.2 Å². The molecule has 0 rings (SSSR count). The molecule has 320 valence electrons. The molecular formula is C48H92O6. The Morgan fingerprint density at radius 3 is 0.741 bits per heavy atom. The van der Waals surface area contributed by atoms with Crippen LogP contribution in [0.1, 0.15) is 271 Å². The van der Waals surface area contributed by atoms with Gasteiger partial charge in [0.15, 0.2) is 6.10 Å². The van der Waals surface area contributed by atoms with Crippen LogP contribution in [-0.2, 0) is 28.6 Å². The van der Waals surface area contributed by atoms with E-state index in [-0.39, 0.29) is 31.1 Å². The summed E-state index contributed by atoms with van der Waals surface area (Å²) in [6.45, 7) is 6.58. The third kappa shape index (κ3) is 41.6. The Kier molecular flexibility index (Phi) is 42.8. The number of carbonyl (C=O) groups excluding carboxylic acids is 3. The Labute approximate surface area is 336 Å². The third-order valence-electron chi connectivity index (χ3n) is 10.9. The van der Waals surface area contributed by atoms with E-state index in [2.05, 4.69) is 20.8 Å². The zero-order chi connectivity index (χ0) is 39.4. The molecule has 0 saturated carbocycles. The predicted octanol–water partition coefficient (Wildman–Crippen LogP) is 15.3. The Balaban J connectivity index is 4.00. The summed E-state index contributed by atoms with van der Waals surface area (Å²) in [4.78, 5) is 37.4. The third-order valence-corrected chi connectivity index (χ3v) is 10.9. The van der Waals surface area contributed by atoms with Crippen molar-refractivity contribution in [2.75, 3.05) is 13.2 Å². The van der Waals surface area contributed by atoms with Gasteiger partial charge in [-0.2, -0.15) is 0 Å². The van der Waals surface area contributed by atoms with Crippen LogP contribution in [0.2, 0.25) is 0 Å². The van der Waals surface area contributed by atoms with Crippen LogP contribution >= 0.6 is 0 Å². The van der Waals surface area contributed by atoms with Gasteiger partial charge in [-0.3, -0.25) is 14.4 Å². The molecule has 0 radical (unpaired) electrons. The second-order valence-corrected chi connectivity index (χ2v) is 16.4. The molecule has 6 heteroatoms.